The van der Waals surface area contributed by atoms with Crippen molar-refractivity contribution in [2.45, 2.75) is 39.2 Å². The Balaban J connectivity index is 2.14. The molecule has 1 unspecified atom stereocenters. The van der Waals surface area contributed by atoms with Gasteiger partial charge in [0.2, 0.25) is 17.8 Å². The highest BCUT2D eigenvalue weighted by Crippen LogP contribution is 2.19. The molecule has 7 nitrogen and oxygen atoms in total. The van der Waals surface area contributed by atoms with Crippen LogP contribution in [0.15, 0.2) is 0 Å². The molecule has 1 fully saturated rings. The number of anilines is 3. The molecule has 0 aliphatic carbocycles. The molecule has 0 bridgehead atoms. The second-order valence-electron chi connectivity index (χ2n) is 5.52. The molecule has 4 N–H and O–H groups in total. The molecule has 0 aromatic carbocycles. The van der Waals surface area contributed by atoms with Crippen molar-refractivity contribution >= 4 is 17.8 Å². The zero-order chi connectivity index (χ0) is 14.5. The van der Waals surface area contributed by atoms with Crippen LogP contribution in [-0.4, -0.2) is 45.8 Å². The average molecular weight is 280 g/mol. The van der Waals surface area contributed by atoms with Crippen LogP contribution in [0.3, 0.4) is 0 Å². The summed E-state index contributed by atoms with van der Waals surface area (Å²) in [6.07, 6.45) is 2.98. The van der Waals surface area contributed by atoms with Crippen LogP contribution in [0.1, 0.15) is 33.1 Å². The molecular weight excluding hydrogens is 256 g/mol. The molecule has 0 radical (unpaired) electrons. The average Bonchev–Trinajstić information content (AvgIpc) is 2.91. The molecule has 1 aromatic heterocycles. The molecule has 112 valence electrons. The minimum atomic E-state index is 0.119. The number of nitrogens with zero attached hydrogens (tertiary/aromatic N) is 4. The van der Waals surface area contributed by atoms with E-state index in [1.165, 1.54) is 0 Å². The molecule has 1 aliphatic heterocycles. The van der Waals surface area contributed by atoms with Crippen LogP contribution in [0.5, 0.6) is 0 Å². The smallest absolute Gasteiger partial charge is 0.231 e. The highest BCUT2D eigenvalue weighted by Gasteiger charge is 2.19. The summed E-state index contributed by atoms with van der Waals surface area (Å²) >= 11 is 0. The van der Waals surface area contributed by atoms with E-state index >= 15 is 0 Å². The normalized spacial score (nSPS) is 16.7. The number of nitrogen functional groups attached to an aromatic ring is 1. The van der Waals surface area contributed by atoms with E-state index in [1.54, 1.807) is 0 Å². The van der Waals surface area contributed by atoms with E-state index < -0.39 is 0 Å². The first-order chi connectivity index (χ1) is 9.60. The standard InChI is InChI=1S/C13H24N6O/c1-9(2)10(5-8-20)15-12-16-11(14)17-13(18-12)19-6-3-4-7-19/h9-10,20H,3-8H2,1-2H3,(H3,14,15,16,17,18). The Morgan fingerprint density at radius 1 is 1.25 bits per heavy atom. The highest BCUT2D eigenvalue weighted by atomic mass is 16.3. The number of nitrogens with two attached hydrogens (primary N) is 1. The quantitative estimate of drug-likeness (QED) is 0.711. The first kappa shape index (κ1) is 14.8. The molecule has 20 heavy (non-hydrogen) atoms. The topological polar surface area (TPSA) is 100 Å². The van der Waals surface area contributed by atoms with Gasteiger partial charge in [0.25, 0.3) is 0 Å². The summed E-state index contributed by atoms with van der Waals surface area (Å²) in [6, 6.07) is 0.119. The van der Waals surface area contributed by atoms with E-state index in [2.05, 4.69) is 39.0 Å². The Morgan fingerprint density at radius 3 is 2.55 bits per heavy atom. The van der Waals surface area contributed by atoms with E-state index in [4.69, 9.17) is 10.8 Å². The summed E-state index contributed by atoms with van der Waals surface area (Å²) in [7, 11) is 0. The fourth-order valence-corrected chi connectivity index (χ4v) is 2.38. The maximum Gasteiger partial charge on any atom is 0.231 e. The lowest BCUT2D eigenvalue weighted by Crippen LogP contribution is -2.29. The predicted octanol–water partition coefficient (Wildman–Crippen LogP) is 0.873. The van der Waals surface area contributed by atoms with Crippen LogP contribution < -0.4 is 16.0 Å². The number of nitrogens with one attached hydrogen (secondary N) is 1. The molecule has 1 atom stereocenters. The molecule has 0 spiro atoms. The molecule has 0 amide bonds. The molecule has 2 rings (SSSR count). The monoisotopic (exact) mass is 280 g/mol. The van der Waals surface area contributed by atoms with Crippen molar-refractivity contribution in [1.82, 2.24) is 15.0 Å². The van der Waals surface area contributed by atoms with E-state index in [0.29, 0.717) is 24.2 Å². The summed E-state index contributed by atoms with van der Waals surface area (Å²) < 4.78 is 0. The fraction of sp³-hybridized carbons (Fsp3) is 0.769. The van der Waals surface area contributed by atoms with Crippen molar-refractivity contribution in [1.29, 1.82) is 0 Å². The fourth-order valence-electron chi connectivity index (χ4n) is 2.38. The Bertz CT molecular complexity index is 433. The third-order valence-corrected chi connectivity index (χ3v) is 3.59. The van der Waals surface area contributed by atoms with E-state index in [9.17, 15) is 0 Å². The summed E-state index contributed by atoms with van der Waals surface area (Å²) in [4.78, 5) is 14.9. The van der Waals surface area contributed by atoms with Crippen LogP contribution in [0, 0.1) is 5.92 Å². The Kier molecular flexibility index (Phi) is 4.94. The van der Waals surface area contributed by atoms with Gasteiger partial charge in [0.05, 0.1) is 0 Å². The van der Waals surface area contributed by atoms with Gasteiger partial charge >= 0.3 is 0 Å². The molecular formula is C13H24N6O. The number of hydrogen-bond acceptors (Lipinski definition) is 7. The maximum atomic E-state index is 9.12. The Labute approximate surface area is 119 Å². The van der Waals surface area contributed by atoms with Gasteiger partial charge in [-0.15, -0.1) is 0 Å². The van der Waals surface area contributed by atoms with Crippen molar-refractivity contribution in [3.05, 3.63) is 0 Å². The molecule has 1 saturated heterocycles. The third-order valence-electron chi connectivity index (χ3n) is 3.59. The summed E-state index contributed by atoms with van der Waals surface area (Å²) in [5.41, 5.74) is 5.77. The van der Waals surface area contributed by atoms with Crippen molar-refractivity contribution < 1.29 is 5.11 Å². The second-order valence-corrected chi connectivity index (χ2v) is 5.52. The van der Waals surface area contributed by atoms with Crippen molar-refractivity contribution in [2.24, 2.45) is 5.92 Å². The first-order valence-corrected chi connectivity index (χ1v) is 7.24. The number of aromatic nitrogens is 3. The van der Waals surface area contributed by atoms with Gasteiger partial charge in [-0.25, -0.2) is 0 Å². The predicted molar refractivity (Wildman–Crippen MR) is 79.6 cm³/mol. The molecule has 2 heterocycles. The van der Waals surface area contributed by atoms with Gasteiger partial charge in [-0.2, -0.15) is 15.0 Å². The van der Waals surface area contributed by atoms with Gasteiger partial charge in [0.15, 0.2) is 0 Å². The lowest BCUT2D eigenvalue weighted by atomic mass is 10.0. The summed E-state index contributed by atoms with van der Waals surface area (Å²) in [6.45, 7) is 6.26. The van der Waals surface area contributed by atoms with E-state index in [-0.39, 0.29) is 18.6 Å². The van der Waals surface area contributed by atoms with Gasteiger partial charge in [-0.3, -0.25) is 0 Å². The molecule has 1 aliphatic rings. The van der Waals surface area contributed by atoms with Gasteiger partial charge in [0.1, 0.15) is 0 Å². The zero-order valence-corrected chi connectivity index (χ0v) is 12.2. The van der Waals surface area contributed by atoms with Crippen molar-refractivity contribution in [3.63, 3.8) is 0 Å². The molecule has 1 aromatic rings. The minimum absolute atomic E-state index is 0.119. The lowest BCUT2D eigenvalue weighted by molar-refractivity contribution is 0.267. The number of aliphatic hydroxyl groups excluding tert-OH is 1. The number of aliphatic hydroxyl groups is 1. The van der Waals surface area contributed by atoms with Gasteiger partial charge < -0.3 is 21.1 Å². The van der Waals surface area contributed by atoms with Gasteiger partial charge in [-0.05, 0) is 25.2 Å². The Hall–Kier alpha value is -1.63. The van der Waals surface area contributed by atoms with Gasteiger partial charge in [0, 0.05) is 25.7 Å². The first-order valence-electron chi connectivity index (χ1n) is 7.24. The van der Waals surface area contributed by atoms with Crippen LogP contribution >= 0.6 is 0 Å². The highest BCUT2D eigenvalue weighted by molar-refractivity contribution is 5.42. The molecule has 0 saturated carbocycles. The minimum Gasteiger partial charge on any atom is -0.396 e. The third kappa shape index (κ3) is 3.69. The lowest BCUT2D eigenvalue weighted by Gasteiger charge is -2.22. The maximum absolute atomic E-state index is 9.12. The largest absolute Gasteiger partial charge is 0.396 e. The second kappa shape index (κ2) is 6.69. The number of rotatable bonds is 6. The van der Waals surface area contributed by atoms with Crippen molar-refractivity contribution in [3.8, 4) is 0 Å². The van der Waals surface area contributed by atoms with Crippen molar-refractivity contribution in [2.75, 3.05) is 35.6 Å². The Morgan fingerprint density at radius 2 is 1.95 bits per heavy atom. The zero-order valence-electron chi connectivity index (χ0n) is 12.2. The van der Waals surface area contributed by atoms with Crippen LogP contribution in [-0.2, 0) is 0 Å². The van der Waals surface area contributed by atoms with Crippen LogP contribution in [0.25, 0.3) is 0 Å². The number of hydrogen-bond donors (Lipinski definition) is 3. The summed E-state index contributed by atoms with van der Waals surface area (Å²) in [5.74, 6) is 1.74. The van der Waals surface area contributed by atoms with E-state index in [1.807, 2.05) is 0 Å². The SMILES string of the molecule is CC(C)C(CCO)Nc1nc(N)nc(N2CCCC2)n1. The summed E-state index contributed by atoms with van der Waals surface area (Å²) in [5, 5.41) is 12.4. The van der Waals surface area contributed by atoms with E-state index in [0.717, 1.165) is 25.9 Å². The van der Waals surface area contributed by atoms with Crippen LogP contribution in [0.2, 0.25) is 0 Å². The van der Waals surface area contributed by atoms with Crippen LogP contribution in [0.4, 0.5) is 17.8 Å². The molecule has 7 heteroatoms. The van der Waals surface area contributed by atoms with Gasteiger partial charge in [-0.1, -0.05) is 13.8 Å².